The standard InChI is InChI=1S/C10H11N3O2/c1-11-5-8-12-9-6(10(15)13-8)3-2-4-7(9)14/h2-4,11,14H,5H2,1H3,(H,12,13,15). The summed E-state index contributed by atoms with van der Waals surface area (Å²) in [6, 6.07) is 4.76. The first-order valence-electron chi connectivity index (χ1n) is 4.58. The molecule has 2 aromatic rings. The van der Waals surface area contributed by atoms with Crippen molar-refractivity contribution >= 4 is 10.9 Å². The van der Waals surface area contributed by atoms with Gasteiger partial charge in [0.2, 0.25) is 0 Å². The monoisotopic (exact) mass is 205 g/mol. The van der Waals surface area contributed by atoms with Crippen molar-refractivity contribution in [3.63, 3.8) is 0 Å². The summed E-state index contributed by atoms with van der Waals surface area (Å²) in [5.41, 5.74) is 0.104. The van der Waals surface area contributed by atoms with Crippen molar-refractivity contribution in [2.45, 2.75) is 6.54 Å². The van der Waals surface area contributed by atoms with Gasteiger partial charge >= 0.3 is 0 Å². The van der Waals surface area contributed by atoms with E-state index in [-0.39, 0.29) is 11.3 Å². The molecule has 0 saturated heterocycles. The molecule has 1 aromatic carbocycles. The quantitative estimate of drug-likeness (QED) is 0.661. The Kier molecular flexibility index (Phi) is 2.39. The Bertz CT molecular complexity index is 548. The third-order valence-corrected chi connectivity index (χ3v) is 2.11. The number of aromatic nitrogens is 2. The first-order chi connectivity index (χ1) is 7.22. The van der Waals surface area contributed by atoms with Gasteiger partial charge < -0.3 is 15.4 Å². The maximum Gasteiger partial charge on any atom is 0.258 e. The molecular formula is C10H11N3O2. The van der Waals surface area contributed by atoms with Gasteiger partial charge in [-0.1, -0.05) is 6.07 Å². The van der Waals surface area contributed by atoms with Gasteiger partial charge in [-0.05, 0) is 19.2 Å². The van der Waals surface area contributed by atoms with Crippen molar-refractivity contribution in [1.82, 2.24) is 15.3 Å². The molecule has 15 heavy (non-hydrogen) atoms. The van der Waals surface area contributed by atoms with Crippen molar-refractivity contribution < 1.29 is 5.11 Å². The molecule has 78 valence electrons. The lowest BCUT2D eigenvalue weighted by Crippen LogP contribution is -2.16. The lowest BCUT2D eigenvalue weighted by atomic mass is 10.2. The second-order valence-electron chi connectivity index (χ2n) is 3.22. The van der Waals surface area contributed by atoms with Gasteiger partial charge in [-0.15, -0.1) is 0 Å². The maximum absolute atomic E-state index is 11.6. The van der Waals surface area contributed by atoms with Crippen LogP contribution in [0.15, 0.2) is 23.0 Å². The fraction of sp³-hybridized carbons (Fsp3) is 0.200. The average molecular weight is 205 g/mol. The molecule has 3 N–H and O–H groups in total. The first-order valence-corrected chi connectivity index (χ1v) is 4.58. The van der Waals surface area contributed by atoms with Gasteiger partial charge in [0, 0.05) is 0 Å². The van der Waals surface area contributed by atoms with E-state index in [4.69, 9.17) is 0 Å². The van der Waals surface area contributed by atoms with Gasteiger partial charge in [-0.3, -0.25) is 4.79 Å². The van der Waals surface area contributed by atoms with Crippen LogP contribution < -0.4 is 10.9 Å². The zero-order chi connectivity index (χ0) is 10.8. The lowest BCUT2D eigenvalue weighted by molar-refractivity contribution is 0.480. The number of aromatic amines is 1. The molecule has 0 aliphatic carbocycles. The van der Waals surface area contributed by atoms with E-state index in [1.54, 1.807) is 19.2 Å². The number of hydrogen-bond donors (Lipinski definition) is 3. The van der Waals surface area contributed by atoms with E-state index in [0.29, 0.717) is 23.3 Å². The second kappa shape index (κ2) is 3.70. The van der Waals surface area contributed by atoms with Crippen LogP contribution in [0.4, 0.5) is 0 Å². The molecule has 0 aliphatic heterocycles. The fourth-order valence-electron chi connectivity index (χ4n) is 1.44. The summed E-state index contributed by atoms with van der Waals surface area (Å²) in [5.74, 6) is 0.535. The number of phenolic OH excluding ortho intramolecular Hbond substituents is 1. The Balaban J connectivity index is 2.74. The third-order valence-electron chi connectivity index (χ3n) is 2.11. The Morgan fingerprint density at radius 1 is 1.53 bits per heavy atom. The third kappa shape index (κ3) is 1.69. The fourth-order valence-corrected chi connectivity index (χ4v) is 1.44. The zero-order valence-electron chi connectivity index (χ0n) is 8.24. The normalized spacial score (nSPS) is 10.7. The Labute approximate surface area is 85.8 Å². The highest BCUT2D eigenvalue weighted by Crippen LogP contribution is 2.18. The van der Waals surface area contributed by atoms with Crippen molar-refractivity contribution in [2.75, 3.05) is 7.05 Å². The summed E-state index contributed by atoms with van der Waals surface area (Å²) < 4.78 is 0. The Morgan fingerprint density at radius 2 is 2.33 bits per heavy atom. The topological polar surface area (TPSA) is 78.0 Å². The molecule has 0 bridgehead atoms. The lowest BCUT2D eigenvalue weighted by Gasteiger charge is -2.03. The molecule has 0 amide bonds. The number of aromatic hydroxyl groups is 1. The van der Waals surface area contributed by atoms with E-state index in [1.807, 2.05) is 0 Å². The van der Waals surface area contributed by atoms with E-state index in [1.165, 1.54) is 6.07 Å². The highest BCUT2D eigenvalue weighted by molar-refractivity contribution is 5.83. The van der Waals surface area contributed by atoms with Crippen LogP contribution in [0.3, 0.4) is 0 Å². The molecule has 2 rings (SSSR count). The number of H-pyrrole nitrogens is 1. The summed E-state index contributed by atoms with van der Waals surface area (Å²) in [7, 11) is 1.76. The number of benzene rings is 1. The number of para-hydroxylation sites is 1. The molecule has 0 aliphatic rings. The predicted molar refractivity (Wildman–Crippen MR) is 56.8 cm³/mol. The second-order valence-corrected chi connectivity index (χ2v) is 3.22. The number of rotatable bonds is 2. The van der Waals surface area contributed by atoms with Crippen molar-refractivity contribution in [1.29, 1.82) is 0 Å². The van der Waals surface area contributed by atoms with E-state index in [2.05, 4.69) is 15.3 Å². The minimum Gasteiger partial charge on any atom is -0.506 e. The molecule has 0 unspecified atom stereocenters. The van der Waals surface area contributed by atoms with E-state index >= 15 is 0 Å². The molecule has 0 fully saturated rings. The zero-order valence-corrected chi connectivity index (χ0v) is 8.24. The molecule has 0 spiro atoms. The van der Waals surface area contributed by atoms with Crippen molar-refractivity contribution in [2.24, 2.45) is 0 Å². The molecule has 0 radical (unpaired) electrons. The SMILES string of the molecule is CNCc1nc2c(O)cccc2c(=O)[nH]1. The van der Waals surface area contributed by atoms with E-state index in [9.17, 15) is 9.90 Å². The summed E-state index contributed by atoms with van der Waals surface area (Å²) in [5, 5.41) is 12.8. The van der Waals surface area contributed by atoms with Crippen LogP contribution in [-0.4, -0.2) is 22.1 Å². The number of nitrogens with one attached hydrogen (secondary N) is 2. The largest absolute Gasteiger partial charge is 0.506 e. The van der Waals surface area contributed by atoms with Crippen LogP contribution in [0.5, 0.6) is 5.75 Å². The van der Waals surface area contributed by atoms with Crippen LogP contribution in [0.25, 0.3) is 10.9 Å². The minimum atomic E-state index is -0.235. The van der Waals surface area contributed by atoms with Crippen LogP contribution >= 0.6 is 0 Å². The summed E-state index contributed by atoms with van der Waals surface area (Å²) in [4.78, 5) is 18.4. The summed E-state index contributed by atoms with van der Waals surface area (Å²) >= 11 is 0. The minimum absolute atomic E-state index is 0.0240. The molecular weight excluding hydrogens is 194 g/mol. The highest BCUT2D eigenvalue weighted by Gasteiger charge is 2.06. The average Bonchev–Trinajstić information content (AvgIpc) is 2.20. The van der Waals surface area contributed by atoms with Gasteiger partial charge in [0.25, 0.3) is 5.56 Å². The van der Waals surface area contributed by atoms with Crippen molar-refractivity contribution in [3.05, 3.63) is 34.4 Å². The van der Waals surface area contributed by atoms with Gasteiger partial charge in [0.15, 0.2) is 0 Å². The predicted octanol–water partition coefficient (Wildman–Crippen LogP) is 0.348. The van der Waals surface area contributed by atoms with Gasteiger partial charge in [-0.25, -0.2) is 4.98 Å². The number of nitrogens with zero attached hydrogens (tertiary/aromatic N) is 1. The molecule has 1 aromatic heterocycles. The Morgan fingerprint density at radius 3 is 3.07 bits per heavy atom. The molecule has 1 heterocycles. The van der Waals surface area contributed by atoms with Gasteiger partial charge in [0.1, 0.15) is 17.1 Å². The highest BCUT2D eigenvalue weighted by atomic mass is 16.3. The number of hydrogen-bond acceptors (Lipinski definition) is 4. The van der Waals surface area contributed by atoms with Crippen LogP contribution in [-0.2, 0) is 6.54 Å². The molecule has 5 heteroatoms. The van der Waals surface area contributed by atoms with Crippen LogP contribution in [0, 0.1) is 0 Å². The van der Waals surface area contributed by atoms with Gasteiger partial charge in [0.05, 0.1) is 11.9 Å². The molecule has 0 atom stereocenters. The molecule has 0 saturated carbocycles. The molecule has 5 nitrogen and oxygen atoms in total. The summed E-state index contributed by atoms with van der Waals surface area (Å²) in [6.07, 6.45) is 0. The van der Waals surface area contributed by atoms with Crippen molar-refractivity contribution in [3.8, 4) is 5.75 Å². The Hall–Kier alpha value is -1.88. The smallest absolute Gasteiger partial charge is 0.258 e. The van der Waals surface area contributed by atoms with E-state index in [0.717, 1.165) is 0 Å². The number of fused-ring (bicyclic) bond motifs is 1. The summed E-state index contributed by atoms with van der Waals surface area (Å²) in [6.45, 7) is 0.458. The number of phenols is 1. The van der Waals surface area contributed by atoms with Crippen LogP contribution in [0.2, 0.25) is 0 Å². The first kappa shape index (κ1) is 9.67. The maximum atomic E-state index is 11.6. The van der Waals surface area contributed by atoms with E-state index < -0.39 is 0 Å². The van der Waals surface area contributed by atoms with Crippen LogP contribution in [0.1, 0.15) is 5.82 Å². The van der Waals surface area contributed by atoms with Gasteiger partial charge in [-0.2, -0.15) is 0 Å².